The zero-order chi connectivity index (χ0) is 16.2. The maximum atomic E-state index is 4.91. The molecule has 3 rings (SSSR count). The molecule has 4 heteroatoms. The predicted octanol–water partition coefficient (Wildman–Crippen LogP) is 4.09. The van der Waals surface area contributed by atoms with E-state index in [1.807, 2.05) is 41.5 Å². The highest BCUT2D eigenvalue weighted by atomic mass is 15.5. The molecule has 2 aromatic heterocycles. The van der Waals surface area contributed by atoms with Crippen LogP contribution in [-0.2, 0) is 0 Å². The fourth-order valence-corrected chi connectivity index (χ4v) is 2.98. The molecule has 0 N–H and O–H groups in total. The van der Waals surface area contributed by atoms with Gasteiger partial charge in [-0.1, -0.05) is 32.9 Å². The average molecular weight is 306 g/mol. The van der Waals surface area contributed by atoms with Crippen molar-refractivity contribution in [1.29, 1.82) is 0 Å². The van der Waals surface area contributed by atoms with Gasteiger partial charge in [-0.3, -0.25) is 15.0 Å². The first-order valence-corrected chi connectivity index (χ1v) is 8.20. The molecule has 0 aliphatic carbocycles. The van der Waals surface area contributed by atoms with Crippen molar-refractivity contribution in [3.05, 3.63) is 66.3 Å². The Morgan fingerprint density at radius 2 is 1.91 bits per heavy atom. The molecule has 0 bridgehead atoms. The van der Waals surface area contributed by atoms with E-state index in [1.54, 1.807) is 6.20 Å². The van der Waals surface area contributed by atoms with Gasteiger partial charge in [-0.25, -0.2) is 0 Å². The first-order chi connectivity index (χ1) is 11.3. The quantitative estimate of drug-likeness (QED) is 0.835. The van der Waals surface area contributed by atoms with E-state index < -0.39 is 0 Å². The fraction of sp³-hybridized carbons (Fsp3) is 0.316. The molecule has 2 aromatic rings. The number of hydrogen-bond acceptors (Lipinski definition) is 4. The Morgan fingerprint density at radius 1 is 1.09 bits per heavy atom. The number of nitrogens with zero attached hydrogens (tertiary/aromatic N) is 4. The van der Waals surface area contributed by atoms with Crippen molar-refractivity contribution in [2.45, 2.75) is 39.2 Å². The predicted molar refractivity (Wildman–Crippen MR) is 94.0 cm³/mol. The van der Waals surface area contributed by atoms with Crippen LogP contribution in [0.1, 0.15) is 50.1 Å². The van der Waals surface area contributed by atoms with Crippen molar-refractivity contribution in [3.8, 4) is 0 Å². The third-order valence-corrected chi connectivity index (χ3v) is 4.17. The van der Waals surface area contributed by atoms with Gasteiger partial charge in [0.05, 0.1) is 23.1 Å². The zero-order valence-corrected chi connectivity index (χ0v) is 13.7. The highest BCUT2D eigenvalue weighted by molar-refractivity contribution is 6.14. The summed E-state index contributed by atoms with van der Waals surface area (Å²) < 4.78 is 0. The van der Waals surface area contributed by atoms with Gasteiger partial charge in [-0.15, -0.1) is 0 Å². The molecule has 0 amide bonds. The van der Waals surface area contributed by atoms with Gasteiger partial charge in [-0.2, -0.15) is 5.10 Å². The number of aromatic nitrogens is 2. The van der Waals surface area contributed by atoms with E-state index in [2.05, 4.69) is 30.4 Å². The van der Waals surface area contributed by atoms with Gasteiger partial charge in [0, 0.05) is 18.0 Å². The highest BCUT2D eigenvalue weighted by Crippen LogP contribution is 2.31. The summed E-state index contributed by atoms with van der Waals surface area (Å²) in [7, 11) is 0. The summed E-state index contributed by atoms with van der Waals surface area (Å²) in [4.78, 5) is 9.03. The van der Waals surface area contributed by atoms with Crippen LogP contribution in [0.3, 0.4) is 0 Å². The Kier molecular flexibility index (Phi) is 4.51. The Balaban J connectivity index is 2.12. The van der Waals surface area contributed by atoms with Gasteiger partial charge in [0.2, 0.25) is 0 Å². The van der Waals surface area contributed by atoms with Crippen molar-refractivity contribution < 1.29 is 0 Å². The van der Waals surface area contributed by atoms with Gasteiger partial charge in [0.25, 0.3) is 0 Å². The Labute approximate surface area is 137 Å². The monoisotopic (exact) mass is 306 g/mol. The summed E-state index contributed by atoms with van der Waals surface area (Å²) in [6, 6.07) is 10.2. The van der Waals surface area contributed by atoms with Crippen molar-refractivity contribution in [2.24, 2.45) is 5.10 Å². The molecule has 0 radical (unpaired) electrons. The lowest BCUT2D eigenvalue weighted by Crippen LogP contribution is -2.34. The number of hydrazone groups is 1. The van der Waals surface area contributed by atoms with Crippen molar-refractivity contribution >= 4 is 11.4 Å². The van der Waals surface area contributed by atoms with Crippen molar-refractivity contribution in [1.82, 2.24) is 15.0 Å². The molecule has 4 nitrogen and oxygen atoms in total. The molecule has 0 spiro atoms. The molecule has 0 saturated heterocycles. The summed E-state index contributed by atoms with van der Waals surface area (Å²) in [5, 5.41) is 6.96. The van der Waals surface area contributed by atoms with E-state index in [4.69, 9.17) is 5.10 Å². The van der Waals surface area contributed by atoms with E-state index >= 15 is 0 Å². The molecular weight excluding hydrogens is 284 g/mol. The molecule has 0 aromatic carbocycles. The van der Waals surface area contributed by atoms with Crippen LogP contribution in [-0.4, -0.2) is 26.7 Å². The molecule has 1 aliphatic rings. The van der Waals surface area contributed by atoms with Gasteiger partial charge in [-0.05, 0) is 37.1 Å². The van der Waals surface area contributed by atoms with Crippen LogP contribution in [0.15, 0.2) is 54.4 Å². The largest absolute Gasteiger partial charge is 0.260 e. The summed E-state index contributed by atoms with van der Waals surface area (Å²) in [6.07, 6.45) is 6.83. The maximum absolute atomic E-state index is 4.91. The Hall–Kier alpha value is -2.49. The molecule has 23 heavy (non-hydrogen) atoms. The molecule has 1 atom stereocenters. The summed E-state index contributed by atoms with van der Waals surface area (Å²) in [5.74, 6) is 0. The van der Waals surface area contributed by atoms with E-state index in [0.29, 0.717) is 6.04 Å². The first-order valence-electron chi connectivity index (χ1n) is 8.20. The van der Waals surface area contributed by atoms with Crippen LogP contribution in [0.25, 0.3) is 5.70 Å². The third kappa shape index (κ3) is 2.89. The number of rotatable bonds is 5. The molecule has 0 saturated carbocycles. The minimum absolute atomic E-state index is 0.335. The molecule has 118 valence electrons. The van der Waals surface area contributed by atoms with Gasteiger partial charge in [0.15, 0.2) is 0 Å². The van der Waals surface area contributed by atoms with Crippen LogP contribution in [0.5, 0.6) is 0 Å². The minimum atomic E-state index is 0.335. The van der Waals surface area contributed by atoms with Crippen LogP contribution >= 0.6 is 0 Å². The molecule has 1 unspecified atom stereocenters. The van der Waals surface area contributed by atoms with Gasteiger partial charge < -0.3 is 0 Å². The second kappa shape index (κ2) is 6.73. The summed E-state index contributed by atoms with van der Waals surface area (Å²) >= 11 is 0. The summed E-state index contributed by atoms with van der Waals surface area (Å²) in [6.45, 7) is 8.64. The average Bonchev–Trinajstić information content (AvgIpc) is 2.61. The van der Waals surface area contributed by atoms with E-state index in [0.717, 1.165) is 47.6 Å². The second-order valence-corrected chi connectivity index (χ2v) is 5.71. The zero-order valence-electron chi connectivity index (χ0n) is 13.7. The van der Waals surface area contributed by atoms with E-state index in [-0.39, 0.29) is 0 Å². The molecule has 3 heterocycles. The Morgan fingerprint density at radius 3 is 2.61 bits per heavy atom. The highest BCUT2D eigenvalue weighted by Gasteiger charge is 2.28. The van der Waals surface area contributed by atoms with Crippen LogP contribution < -0.4 is 0 Å². The lowest BCUT2D eigenvalue weighted by atomic mass is 9.99. The van der Waals surface area contributed by atoms with Crippen LogP contribution in [0.4, 0.5) is 0 Å². The lowest BCUT2D eigenvalue weighted by Gasteiger charge is -2.34. The topological polar surface area (TPSA) is 41.4 Å². The second-order valence-electron chi connectivity index (χ2n) is 5.71. The fourth-order valence-electron chi connectivity index (χ4n) is 2.98. The molecular formula is C19H22N4. The van der Waals surface area contributed by atoms with Gasteiger partial charge in [0.1, 0.15) is 5.71 Å². The maximum Gasteiger partial charge on any atom is 0.119 e. The van der Waals surface area contributed by atoms with Crippen molar-refractivity contribution in [2.75, 3.05) is 0 Å². The van der Waals surface area contributed by atoms with Gasteiger partial charge >= 0.3 is 0 Å². The number of pyridine rings is 2. The molecule has 0 fully saturated rings. The minimum Gasteiger partial charge on any atom is -0.260 e. The SMILES string of the molecule is C=C1c2ncccc2C(c2ccccn2)=NN1C(CC)CCC. The standard InChI is InChI=1S/C19H22N4/c1-4-9-15(5-2)23-14(3)18-16(10-8-13-21-18)19(22-23)17-11-6-7-12-20-17/h6-8,10-13,15H,3-5,9H2,1-2H3. The lowest BCUT2D eigenvalue weighted by molar-refractivity contribution is 0.279. The third-order valence-electron chi connectivity index (χ3n) is 4.17. The van der Waals surface area contributed by atoms with Crippen LogP contribution in [0.2, 0.25) is 0 Å². The number of hydrogen-bond donors (Lipinski definition) is 0. The van der Waals surface area contributed by atoms with Crippen molar-refractivity contribution in [3.63, 3.8) is 0 Å². The van der Waals surface area contributed by atoms with Crippen LogP contribution in [0, 0.1) is 0 Å². The summed E-state index contributed by atoms with van der Waals surface area (Å²) in [5.41, 5.74) is 4.51. The normalized spacial score (nSPS) is 15.1. The number of fused-ring (bicyclic) bond motifs is 1. The Bertz CT molecular complexity index is 721. The van der Waals surface area contributed by atoms with E-state index in [9.17, 15) is 0 Å². The molecule has 1 aliphatic heterocycles. The van der Waals surface area contributed by atoms with E-state index in [1.165, 1.54) is 0 Å². The first kappa shape index (κ1) is 15.4. The smallest absolute Gasteiger partial charge is 0.119 e.